The third-order valence-electron chi connectivity index (χ3n) is 3.32. The third kappa shape index (κ3) is 4.44. The predicted molar refractivity (Wildman–Crippen MR) is 99.2 cm³/mol. The van der Waals surface area contributed by atoms with Gasteiger partial charge in [0.25, 0.3) is 5.22 Å². The van der Waals surface area contributed by atoms with Crippen molar-refractivity contribution in [3.63, 3.8) is 0 Å². The molecule has 0 saturated heterocycles. The number of nitrogens with zero attached hydrogens (tertiary/aromatic N) is 2. The van der Waals surface area contributed by atoms with E-state index in [2.05, 4.69) is 10.2 Å². The molecule has 1 aromatic heterocycles. The van der Waals surface area contributed by atoms with Gasteiger partial charge in [-0.2, -0.15) is 0 Å². The molecule has 0 fully saturated rings. The molecule has 0 spiro atoms. The Bertz CT molecular complexity index is 937. The number of aliphatic carboxylic acids is 1. The van der Waals surface area contributed by atoms with Crippen LogP contribution in [-0.4, -0.2) is 28.4 Å². The zero-order valence-corrected chi connectivity index (χ0v) is 15.1. The van der Waals surface area contributed by atoms with Crippen molar-refractivity contribution in [1.82, 2.24) is 10.2 Å². The maximum Gasteiger partial charge on any atom is 0.342 e. The average molecular weight is 389 g/mol. The number of hydrogen-bond acceptors (Lipinski definition) is 6. The molecule has 3 aromatic rings. The van der Waals surface area contributed by atoms with Gasteiger partial charge < -0.3 is 14.3 Å². The zero-order chi connectivity index (χ0) is 18.5. The van der Waals surface area contributed by atoms with Crippen LogP contribution < -0.4 is 4.74 Å². The summed E-state index contributed by atoms with van der Waals surface area (Å²) in [6.45, 7) is 0. The molecular formula is C18H13ClN2O4S. The molecule has 1 N–H and O–H groups in total. The van der Waals surface area contributed by atoms with Gasteiger partial charge >= 0.3 is 5.97 Å². The summed E-state index contributed by atoms with van der Waals surface area (Å²) in [5, 5.41) is 18.0. The van der Waals surface area contributed by atoms with Gasteiger partial charge in [0.05, 0.1) is 7.11 Å². The van der Waals surface area contributed by atoms with Crippen LogP contribution in [0, 0.1) is 0 Å². The summed E-state index contributed by atoms with van der Waals surface area (Å²) in [6, 6.07) is 13.9. The van der Waals surface area contributed by atoms with Crippen molar-refractivity contribution in [1.29, 1.82) is 0 Å². The largest absolute Gasteiger partial charge is 0.497 e. The quantitative estimate of drug-likeness (QED) is 0.487. The molecule has 132 valence electrons. The lowest BCUT2D eigenvalue weighted by Crippen LogP contribution is -1.96. The van der Waals surface area contributed by atoms with Gasteiger partial charge in [0.2, 0.25) is 5.89 Å². The van der Waals surface area contributed by atoms with E-state index in [1.54, 1.807) is 55.6 Å². The topological polar surface area (TPSA) is 85.5 Å². The van der Waals surface area contributed by atoms with Crippen LogP contribution in [0.2, 0.25) is 5.02 Å². The number of ether oxygens (including phenoxy) is 1. The molecule has 6 nitrogen and oxygen atoms in total. The van der Waals surface area contributed by atoms with E-state index in [9.17, 15) is 9.90 Å². The minimum absolute atomic E-state index is 0.0530. The van der Waals surface area contributed by atoms with E-state index in [4.69, 9.17) is 20.8 Å². The number of halogens is 1. The Balaban J connectivity index is 1.80. The summed E-state index contributed by atoms with van der Waals surface area (Å²) in [4.78, 5) is 11.6. The molecule has 0 aliphatic rings. The highest BCUT2D eigenvalue weighted by atomic mass is 35.5. The molecule has 0 aliphatic carbocycles. The van der Waals surface area contributed by atoms with Gasteiger partial charge in [0, 0.05) is 10.6 Å². The second kappa shape index (κ2) is 8.07. The monoisotopic (exact) mass is 388 g/mol. The van der Waals surface area contributed by atoms with E-state index in [-0.39, 0.29) is 10.1 Å². The highest BCUT2D eigenvalue weighted by molar-refractivity contribution is 8.03. The fraction of sp³-hybridized carbons (Fsp3) is 0.0556. The molecule has 2 aromatic carbocycles. The normalized spacial score (nSPS) is 11.4. The lowest BCUT2D eigenvalue weighted by Gasteiger charge is -2.00. The molecule has 0 unspecified atom stereocenters. The number of carbonyl (C=O) groups is 1. The Labute approximate surface area is 158 Å². The fourth-order valence-electron chi connectivity index (χ4n) is 2.04. The van der Waals surface area contributed by atoms with Crippen LogP contribution in [-0.2, 0) is 4.79 Å². The Morgan fingerprint density at radius 1 is 1.15 bits per heavy atom. The third-order valence-corrected chi connectivity index (χ3v) is 4.42. The highest BCUT2D eigenvalue weighted by Crippen LogP contribution is 2.30. The number of aromatic nitrogens is 2. The van der Waals surface area contributed by atoms with Crippen molar-refractivity contribution >= 4 is 35.4 Å². The van der Waals surface area contributed by atoms with Crippen molar-refractivity contribution in [2.45, 2.75) is 5.22 Å². The van der Waals surface area contributed by atoms with Gasteiger partial charge in [-0.1, -0.05) is 23.7 Å². The fourth-order valence-corrected chi connectivity index (χ4v) is 2.84. The van der Waals surface area contributed by atoms with Crippen LogP contribution in [0.3, 0.4) is 0 Å². The molecule has 0 aliphatic heterocycles. The maximum atomic E-state index is 11.5. The summed E-state index contributed by atoms with van der Waals surface area (Å²) in [5.41, 5.74) is 1.41. The number of carboxylic acids is 1. The molecule has 0 bridgehead atoms. The molecule has 0 amide bonds. The van der Waals surface area contributed by atoms with Crippen molar-refractivity contribution in [2.24, 2.45) is 0 Å². The molecule has 0 atom stereocenters. The van der Waals surface area contributed by atoms with Gasteiger partial charge in [-0.25, -0.2) is 4.79 Å². The minimum Gasteiger partial charge on any atom is -0.497 e. The molecule has 8 heteroatoms. The van der Waals surface area contributed by atoms with Gasteiger partial charge in [-0.15, -0.1) is 10.2 Å². The van der Waals surface area contributed by atoms with Crippen molar-refractivity contribution in [3.05, 3.63) is 64.0 Å². The van der Waals surface area contributed by atoms with E-state index in [1.165, 1.54) is 6.08 Å². The predicted octanol–water partition coefficient (Wildman–Crippen LogP) is 4.62. The first-order valence-electron chi connectivity index (χ1n) is 7.41. The molecule has 3 rings (SSSR count). The standard InChI is InChI=1S/C18H13ClN2O4S/c1-24-14-8-4-12(5-9-14)16-20-21-18(25-16)26-15(17(22)23)10-11-2-6-13(19)7-3-11/h2-10H,1H3,(H,22,23). The van der Waals surface area contributed by atoms with Gasteiger partial charge in [0.15, 0.2) is 0 Å². The number of thioether (sulfide) groups is 1. The van der Waals surface area contributed by atoms with E-state index < -0.39 is 5.97 Å². The molecular weight excluding hydrogens is 376 g/mol. The number of benzene rings is 2. The van der Waals surface area contributed by atoms with Crippen molar-refractivity contribution in [3.8, 4) is 17.2 Å². The van der Waals surface area contributed by atoms with Crippen LogP contribution in [0.1, 0.15) is 5.56 Å². The smallest absolute Gasteiger partial charge is 0.342 e. The molecule has 0 radical (unpaired) electrons. The Kier molecular flexibility index (Phi) is 5.60. The van der Waals surface area contributed by atoms with E-state index in [1.807, 2.05) is 0 Å². The second-order valence-electron chi connectivity index (χ2n) is 5.07. The Hall–Kier alpha value is -2.77. The van der Waals surface area contributed by atoms with Gasteiger partial charge in [0.1, 0.15) is 10.7 Å². The van der Waals surface area contributed by atoms with E-state index >= 15 is 0 Å². The number of methoxy groups -OCH3 is 1. The summed E-state index contributed by atoms with van der Waals surface area (Å²) < 4.78 is 10.7. The summed E-state index contributed by atoms with van der Waals surface area (Å²) in [6.07, 6.45) is 1.51. The Morgan fingerprint density at radius 2 is 1.85 bits per heavy atom. The lowest BCUT2D eigenvalue weighted by atomic mass is 10.2. The molecule has 0 saturated carbocycles. The van der Waals surface area contributed by atoms with Crippen LogP contribution in [0.25, 0.3) is 17.5 Å². The SMILES string of the molecule is COc1ccc(-c2nnc(SC(=Cc3ccc(Cl)cc3)C(=O)O)o2)cc1. The zero-order valence-electron chi connectivity index (χ0n) is 13.5. The summed E-state index contributed by atoms with van der Waals surface area (Å²) >= 11 is 6.72. The molecule has 1 heterocycles. The lowest BCUT2D eigenvalue weighted by molar-refractivity contribution is -0.131. The first kappa shape index (κ1) is 18.0. The molecule has 26 heavy (non-hydrogen) atoms. The summed E-state index contributed by atoms with van der Waals surface area (Å²) in [5.74, 6) is -0.0811. The van der Waals surface area contributed by atoms with Gasteiger partial charge in [-0.05, 0) is 59.8 Å². The van der Waals surface area contributed by atoms with Crippen molar-refractivity contribution < 1.29 is 19.1 Å². The van der Waals surface area contributed by atoms with E-state index in [0.29, 0.717) is 27.8 Å². The highest BCUT2D eigenvalue weighted by Gasteiger charge is 2.16. The summed E-state index contributed by atoms with van der Waals surface area (Å²) in [7, 11) is 1.58. The average Bonchev–Trinajstić information content (AvgIpc) is 3.11. The van der Waals surface area contributed by atoms with Gasteiger partial charge in [-0.3, -0.25) is 0 Å². The van der Waals surface area contributed by atoms with Crippen LogP contribution >= 0.6 is 23.4 Å². The number of rotatable bonds is 6. The maximum absolute atomic E-state index is 11.5. The van der Waals surface area contributed by atoms with E-state index in [0.717, 1.165) is 11.8 Å². The van der Waals surface area contributed by atoms with Crippen LogP contribution in [0.4, 0.5) is 0 Å². The van der Waals surface area contributed by atoms with Crippen LogP contribution in [0.5, 0.6) is 5.75 Å². The van der Waals surface area contributed by atoms with Crippen LogP contribution in [0.15, 0.2) is 63.1 Å². The van der Waals surface area contributed by atoms with Crippen molar-refractivity contribution in [2.75, 3.05) is 7.11 Å². The second-order valence-corrected chi connectivity index (χ2v) is 6.50. The number of hydrogen-bond donors (Lipinski definition) is 1. The first-order chi connectivity index (χ1) is 12.5. The Morgan fingerprint density at radius 3 is 2.46 bits per heavy atom. The number of carboxylic acid groups (broad SMARTS) is 1. The first-order valence-corrected chi connectivity index (χ1v) is 8.61. The minimum atomic E-state index is -1.09.